The van der Waals surface area contributed by atoms with E-state index in [-0.39, 0.29) is 6.10 Å². The van der Waals surface area contributed by atoms with Crippen LogP contribution >= 0.6 is 0 Å². The largest absolute Gasteiger partial charge is 0.393 e. The van der Waals surface area contributed by atoms with Gasteiger partial charge in [-0.05, 0) is 45.1 Å². The number of aromatic nitrogens is 2. The van der Waals surface area contributed by atoms with Crippen molar-refractivity contribution in [2.24, 2.45) is 5.92 Å². The highest BCUT2D eigenvalue weighted by Crippen LogP contribution is 2.27. The number of hydrogen-bond acceptors (Lipinski definition) is 5. The van der Waals surface area contributed by atoms with E-state index in [2.05, 4.69) is 20.6 Å². The minimum absolute atomic E-state index is 0.107. The molecule has 0 aromatic carbocycles. The summed E-state index contributed by atoms with van der Waals surface area (Å²) in [6.45, 7) is 4.85. The van der Waals surface area contributed by atoms with Gasteiger partial charge in [-0.15, -0.1) is 0 Å². The Morgan fingerprint density at radius 3 is 2.86 bits per heavy atom. The summed E-state index contributed by atoms with van der Waals surface area (Å²) >= 11 is 0. The van der Waals surface area contributed by atoms with Gasteiger partial charge >= 0.3 is 0 Å². The normalized spacial score (nSPS) is 25.4. The number of aryl methyl sites for hydroxylation is 1. The van der Waals surface area contributed by atoms with Crippen LogP contribution in [-0.2, 0) is 12.8 Å². The van der Waals surface area contributed by atoms with Gasteiger partial charge in [0, 0.05) is 25.1 Å². The predicted octanol–water partition coefficient (Wildman–Crippen LogP) is 1.83. The Labute approximate surface area is 132 Å². The molecule has 1 aliphatic heterocycles. The molecule has 3 rings (SSSR count). The molecule has 2 heterocycles. The van der Waals surface area contributed by atoms with Crippen molar-refractivity contribution in [3.05, 3.63) is 17.1 Å². The highest BCUT2D eigenvalue weighted by atomic mass is 16.3. The molecule has 122 valence electrons. The van der Waals surface area contributed by atoms with Crippen molar-refractivity contribution in [1.82, 2.24) is 15.3 Å². The maximum atomic E-state index is 10.1. The molecule has 5 nitrogen and oxygen atoms in total. The van der Waals surface area contributed by atoms with E-state index in [1.54, 1.807) is 0 Å². The standard InChI is InChI=1S/C17H28N4O/c1-12-20-15-8-10-18-9-7-14(15)17(21-12)19-11-6-13-4-2-3-5-16(13)22/h13,16,18,22H,2-11H2,1H3,(H,19,20,21)/t13-,16-/m0/s1. The number of aliphatic hydroxyl groups excluding tert-OH is 1. The number of hydrogen-bond donors (Lipinski definition) is 3. The van der Waals surface area contributed by atoms with Crippen LogP contribution in [0.3, 0.4) is 0 Å². The van der Waals surface area contributed by atoms with Gasteiger partial charge in [0.1, 0.15) is 11.6 Å². The van der Waals surface area contributed by atoms with Crippen LogP contribution in [0.2, 0.25) is 0 Å². The maximum Gasteiger partial charge on any atom is 0.133 e. The lowest BCUT2D eigenvalue weighted by atomic mass is 9.84. The lowest BCUT2D eigenvalue weighted by molar-refractivity contribution is 0.0671. The molecule has 1 aromatic heterocycles. The highest BCUT2D eigenvalue weighted by molar-refractivity contribution is 5.47. The molecule has 1 aliphatic carbocycles. The first-order valence-corrected chi connectivity index (χ1v) is 8.73. The predicted molar refractivity (Wildman–Crippen MR) is 88.1 cm³/mol. The molecule has 0 saturated heterocycles. The third-order valence-electron chi connectivity index (χ3n) is 4.97. The summed E-state index contributed by atoms with van der Waals surface area (Å²) in [4.78, 5) is 9.23. The summed E-state index contributed by atoms with van der Waals surface area (Å²) in [7, 11) is 0. The number of fused-ring (bicyclic) bond motifs is 1. The molecule has 2 aliphatic rings. The van der Waals surface area contributed by atoms with E-state index in [0.717, 1.165) is 63.4 Å². The number of rotatable bonds is 4. The summed E-state index contributed by atoms with van der Waals surface area (Å²) in [6, 6.07) is 0. The van der Waals surface area contributed by atoms with E-state index < -0.39 is 0 Å². The fraction of sp³-hybridized carbons (Fsp3) is 0.765. The average Bonchev–Trinajstić information content (AvgIpc) is 2.74. The van der Waals surface area contributed by atoms with Crippen molar-refractivity contribution in [1.29, 1.82) is 0 Å². The van der Waals surface area contributed by atoms with Crippen LogP contribution in [0.15, 0.2) is 0 Å². The van der Waals surface area contributed by atoms with Gasteiger partial charge in [0.05, 0.1) is 11.8 Å². The summed E-state index contributed by atoms with van der Waals surface area (Å²) in [6.07, 6.45) is 7.46. The van der Waals surface area contributed by atoms with Gasteiger partial charge in [0.15, 0.2) is 0 Å². The second kappa shape index (κ2) is 7.38. The van der Waals surface area contributed by atoms with Crippen LogP contribution in [0, 0.1) is 12.8 Å². The molecular formula is C17H28N4O. The Morgan fingerprint density at radius 2 is 2.00 bits per heavy atom. The Bertz CT molecular complexity index is 506. The third-order valence-corrected chi connectivity index (χ3v) is 4.97. The van der Waals surface area contributed by atoms with Gasteiger partial charge in [-0.2, -0.15) is 0 Å². The van der Waals surface area contributed by atoms with E-state index in [1.165, 1.54) is 24.1 Å². The first kappa shape index (κ1) is 15.7. The lowest BCUT2D eigenvalue weighted by Gasteiger charge is -2.27. The van der Waals surface area contributed by atoms with Crippen molar-refractivity contribution in [2.75, 3.05) is 25.0 Å². The molecule has 1 saturated carbocycles. The molecule has 5 heteroatoms. The van der Waals surface area contributed by atoms with Crippen LogP contribution in [-0.4, -0.2) is 40.8 Å². The van der Waals surface area contributed by atoms with Gasteiger partial charge in [-0.3, -0.25) is 0 Å². The zero-order chi connectivity index (χ0) is 15.4. The van der Waals surface area contributed by atoms with Gasteiger partial charge in [-0.25, -0.2) is 9.97 Å². The van der Waals surface area contributed by atoms with Gasteiger partial charge in [-0.1, -0.05) is 12.8 Å². The molecule has 0 amide bonds. The van der Waals surface area contributed by atoms with E-state index in [1.807, 2.05) is 6.92 Å². The topological polar surface area (TPSA) is 70.1 Å². The number of aliphatic hydroxyl groups is 1. The van der Waals surface area contributed by atoms with E-state index in [4.69, 9.17) is 0 Å². The van der Waals surface area contributed by atoms with E-state index >= 15 is 0 Å². The first-order chi connectivity index (χ1) is 10.7. The first-order valence-electron chi connectivity index (χ1n) is 8.73. The summed E-state index contributed by atoms with van der Waals surface area (Å²) in [5, 5.41) is 17.0. The summed E-state index contributed by atoms with van der Waals surface area (Å²) < 4.78 is 0. The zero-order valence-corrected chi connectivity index (χ0v) is 13.6. The molecule has 0 unspecified atom stereocenters. The maximum absolute atomic E-state index is 10.1. The fourth-order valence-corrected chi connectivity index (χ4v) is 3.72. The smallest absolute Gasteiger partial charge is 0.133 e. The quantitative estimate of drug-likeness (QED) is 0.791. The highest BCUT2D eigenvalue weighted by Gasteiger charge is 2.22. The third kappa shape index (κ3) is 3.76. The lowest BCUT2D eigenvalue weighted by Crippen LogP contribution is -2.26. The molecule has 0 bridgehead atoms. The second-order valence-electron chi connectivity index (χ2n) is 6.62. The van der Waals surface area contributed by atoms with Crippen molar-refractivity contribution in [3.63, 3.8) is 0 Å². The molecule has 2 atom stereocenters. The summed E-state index contributed by atoms with van der Waals surface area (Å²) in [5.41, 5.74) is 2.47. The molecule has 22 heavy (non-hydrogen) atoms. The average molecular weight is 304 g/mol. The van der Waals surface area contributed by atoms with Gasteiger partial charge < -0.3 is 15.7 Å². The van der Waals surface area contributed by atoms with E-state index in [9.17, 15) is 5.11 Å². The van der Waals surface area contributed by atoms with Crippen LogP contribution < -0.4 is 10.6 Å². The number of nitrogens with one attached hydrogen (secondary N) is 2. The van der Waals surface area contributed by atoms with Crippen molar-refractivity contribution >= 4 is 5.82 Å². The Balaban J connectivity index is 1.63. The molecule has 0 spiro atoms. The molecular weight excluding hydrogens is 276 g/mol. The molecule has 0 radical (unpaired) electrons. The van der Waals surface area contributed by atoms with Crippen LogP contribution in [0.25, 0.3) is 0 Å². The number of nitrogens with zero attached hydrogens (tertiary/aromatic N) is 2. The fourth-order valence-electron chi connectivity index (χ4n) is 3.72. The Hall–Kier alpha value is -1.20. The zero-order valence-electron chi connectivity index (χ0n) is 13.6. The minimum Gasteiger partial charge on any atom is -0.393 e. The second-order valence-corrected chi connectivity index (χ2v) is 6.62. The monoisotopic (exact) mass is 304 g/mol. The van der Waals surface area contributed by atoms with Crippen molar-refractivity contribution < 1.29 is 5.11 Å². The molecule has 1 aromatic rings. The van der Waals surface area contributed by atoms with Crippen LogP contribution in [0.1, 0.15) is 49.2 Å². The van der Waals surface area contributed by atoms with Crippen LogP contribution in [0.4, 0.5) is 5.82 Å². The Kier molecular flexibility index (Phi) is 5.26. The SMILES string of the molecule is Cc1nc2c(c(NCC[C@@H]3CCCC[C@@H]3O)n1)CCNCC2. The van der Waals surface area contributed by atoms with Gasteiger partial charge in [0.2, 0.25) is 0 Å². The van der Waals surface area contributed by atoms with Crippen molar-refractivity contribution in [2.45, 2.75) is 58.0 Å². The van der Waals surface area contributed by atoms with E-state index in [0.29, 0.717) is 5.92 Å². The van der Waals surface area contributed by atoms with Gasteiger partial charge in [0.25, 0.3) is 0 Å². The number of anilines is 1. The van der Waals surface area contributed by atoms with Crippen molar-refractivity contribution in [3.8, 4) is 0 Å². The van der Waals surface area contributed by atoms with Crippen LogP contribution in [0.5, 0.6) is 0 Å². The summed E-state index contributed by atoms with van der Waals surface area (Å²) in [5.74, 6) is 2.31. The molecule has 3 N–H and O–H groups in total. The Morgan fingerprint density at radius 1 is 1.18 bits per heavy atom. The molecule has 1 fully saturated rings. The minimum atomic E-state index is -0.107.